The van der Waals surface area contributed by atoms with Gasteiger partial charge < -0.3 is 34.5 Å². The molecular formula is C32H42BN3O7. The van der Waals surface area contributed by atoms with Crippen LogP contribution >= 0.6 is 0 Å². The Balaban J connectivity index is 1.27. The van der Waals surface area contributed by atoms with Crippen molar-refractivity contribution in [3.63, 3.8) is 0 Å². The van der Waals surface area contributed by atoms with Crippen LogP contribution in [0.2, 0.25) is 0 Å². The summed E-state index contributed by atoms with van der Waals surface area (Å²) in [5.74, 6) is -1.72. The Labute approximate surface area is 254 Å². The monoisotopic (exact) mass is 591 g/mol. The van der Waals surface area contributed by atoms with E-state index in [-0.39, 0.29) is 31.0 Å². The van der Waals surface area contributed by atoms with Gasteiger partial charge in [-0.05, 0) is 61.6 Å². The highest BCUT2D eigenvalue weighted by atomic mass is 16.5. The number of aryl methyl sites for hydroxylation is 1. The standard InChI is InChI=1S/C32H42BN3O7/c34-23-27(31(37)36(28-12-16-41-17-13-28)29-14-18-42-19-15-29)10-9-25-7-4-8-26(21-25)11-20-43-32(38)35-30(33(39)40)22-24-5-2-1-3-6-24/h1-8,21,27-30,39-40H,9-20,22H2,(H,35,38)/t27?,30-/m0/s1. The van der Waals surface area contributed by atoms with Crippen LogP contribution in [-0.4, -0.2) is 85.1 Å². The van der Waals surface area contributed by atoms with Gasteiger partial charge in [-0.1, -0.05) is 54.6 Å². The molecule has 1 unspecified atom stereocenters. The molecule has 2 aromatic rings. The number of nitrogens with zero attached hydrogens (tertiary/aromatic N) is 2. The van der Waals surface area contributed by atoms with E-state index in [1.807, 2.05) is 59.5 Å². The van der Waals surface area contributed by atoms with Crippen molar-refractivity contribution in [2.75, 3.05) is 33.0 Å². The highest BCUT2D eigenvalue weighted by Crippen LogP contribution is 2.26. The van der Waals surface area contributed by atoms with Crippen molar-refractivity contribution < 1.29 is 33.8 Å². The van der Waals surface area contributed by atoms with E-state index in [2.05, 4.69) is 11.4 Å². The number of carbonyl (C=O) groups excluding carboxylic acids is 2. The predicted octanol–water partition coefficient (Wildman–Crippen LogP) is 2.84. The lowest BCUT2D eigenvalue weighted by molar-refractivity contribution is -0.144. The fourth-order valence-electron chi connectivity index (χ4n) is 5.81. The number of nitrogens with one attached hydrogen (secondary N) is 1. The van der Waals surface area contributed by atoms with Gasteiger partial charge in [0.2, 0.25) is 5.91 Å². The van der Waals surface area contributed by atoms with Gasteiger partial charge in [0, 0.05) is 44.9 Å². The molecule has 2 aliphatic rings. The largest absolute Gasteiger partial charge is 0.475 e. The molecule has 2 aliphatic heterocycles. The average Bonchev–Trinajstić information content (AvgIpc) is 3.03. The molecule has 2 heterocycles. The van der Waals surface area contributed by atoms with E-state index in [0.29, 0.717) is 45.7 Å². The maximum atomic E-state index is 13.7. The van der Waals surface area contributed by atoms with Crippen LogP contribution in [-0.2, 0) is 38.3 Å². The molecule has 0 radical (unpaired) electrons. The topological polar surface area (TPSA) is 141 Å². The first-order valence-electron chi connectivity index (χ1n) is 15.2. The van der Waals surface area contributed by atoms with Crippen LogP contribution < -0.4 is 5.32 Å². The minimum Gasteiger partial charge on any atom is -0.449 e. The van der Waals surface area contributed by atoms with E-state index in [1.165, 1.54) is 0 Å². The van der Waals surface area contributed by atoms with Crippen LogP contribution in [0.15, 0.2) is 54.6 Å². The Morgan fingerprint density at radius 2 is 1.51 bits per heavy atom. The van der Waals surface area contributed by atoms with E-state index in [1.54, 1.807) is 0 Å². The Bertz CT molecular complexity index is 1180. The van der Waals surface area contributed by atoms with Crippen molar-refractivity contribution >= 4 is 19.1 Å². The maximum Gasteiger partial charge on any atom is 0.475 e. The number of hydrogen-bond donors (Lipinski definition) is 3. The molecule has 0 aliphatic carbocycles. The lowest BCUT2D eigenvalue weighted by Gasteiger charge is -2.42. The van der Waals surface area contributed by atoms with Gasteiger partial charge >= 0.3 is 13.2 Å². The lowest BCUT2D eigenvalue weighted by Crippen LogP contribution is -2.53. The minimum absolute atomic E-state index is 0.0876. The minimum atomic E-state index is -1.73. The zero-order valence-electron chi connectivity index (χ0n) is 24.6. The molecule has 0 bridgehead atoms. The first-order valence-corrected chi connectivity index (χ1v) is 15.2. The molecule has 10 nitrogen and oxygen atoms in total. The SMILES string of the molecule is N#CC(CCc1cccc(CCOC(=O)N[C@@H](Cc2ccccc2)B(O)O)c1)C(=O)N(C1CCOCC1)C1CCOCC1. The van der Waals surface area contributed by atoms with Crippen molar-refractivity contribution in [2.24, 2.45) is 5.92 Å². The third kappa shape index (κ3) is 10.1. The zero-order valence-corrected chi connectivity index (χ0v) is 24.6. The second-order valence-electron chi connectivity index (χ2n) is 11.2. The van der Waals surface area contributed by atoms with Crippen molar-refractivity contribution in [3.05, 3.63) is 71.3 Å². The number of carbonyl (C=O) groups is 2. The summed E-state index contributed by atoms with van der Waals surface area (Å²) in [5.41, 5.74) is 2.82. The first kappa shape index (κ1) is 32.5. The molecular weight excluding hydrogens is 549 g/mol. The number of alkyl carbamates (subject to hydrolysis) is 1. The van der Waals surface area contributed by atoms with Gasteiger partial charge in [0.05, 0.1) is 18.6 Å². The number of benzene rings is 2. The number of hydrogen-bond acceptors (Lipinski definition) is 8. The maximum absolute atomic E-state index is 13.7. The highest BCUT2D eigenvalue weighted by molar-refractivity contribution is 6.43. The van der Waals surface area contributed by atoms with Crippen molar-refractivity contribution in [2.45, 2.75) is 69.4 Å². The fraction of sp³-hybridized carbons (Fsp3) is 0.531. The summed E-state index contributed by atoms with van der Waals surface area (Å²) >= 11 is 0. The van der Waals surface area contributed by atoms with Gasteiger partial charge in [0.25, 0.3) is 0 Å². The summed E-state index contributed by atoms with van der Waals surface area (Å²) in [7, 11) is -1.73. The summed E-state index contributed by atoms with van der Waals surface area (Å²) in [6.45, 7) is 2.63. The zero-order chi connectivity index (χ0) is 30.4. The summed E-state index contributed by atoms with van der Waals surface area (Å²) < 4.78 is 16.4. The van der Waals surface area contributed by atoms with Crippen LogP contribution in [0.25, 0.3) is 0 Å². The van der Waals surface area contributed by atoms with E-state index in [4.69, 9.17) is 14.2 Å². The number of rotatable bonds is 13. The van der Waals surface area contributed by atoms with Crippen LogP contribution in [0, 0.1) is 17.2 Å². The molecule has 3 N–H and O–H groups in total. The van der Waals surface area contributed by atoms with E-state index >= 15 is 0 Å². The normalized spacial score (nSPS) is 17.3. The van der Waals surface area contributed by atoms with Crippen LogP contribution in [0.1, 0.15) is 48.8 Å². The van der Waals surface area contributed by atoms with Crippen molar-refractivity contribution in [1.82, 2.24) is 10.2 Å². The van der Waals surface area contributed by atoms with E-state index < -0.39 is 25.1 Å². The molecule has 2 aromatic carbocycles. The molecule has 2 fully saturated rings. The molecule has 2 atom stereocenters. The van der Waals surface area contributed by atoms with Gasteiger partial charge in [-0.15, -0.1) is 0 Å². The van der Waals surface area contributed by atoms with Gasteiger partial charge in [-0.3, -0.25) is 4.79 Å². The van der Waals surface area contributed by atoms with E-state index in [0.717, 1.165) is 42.4 Å². The second kappa shape index (κ2) is 17.0. The third-order valence-electron chi connectivity index (χ3n) is 8.18. The van der Waals surface area contributed by atoms with Crippen LogP contribution in [0.3, 0.4) is 0 Å². The van der Waals surface area contributed by atoms with E-state index in [9.17, 15) is 24.9 Å². The fourth-order valence-corrected chi connectivity index (χ4v) is 5.81. The van der Waals surface area contributed by atoms with Gasteiger partial charge in [0.15, 0.2) is 0 Å². The summed E-state index contributed by atoms with van der Waals surface area (Å²) in [6, 6.07) is 19.5. The Morgan fingerprint density at radius 1 is 0.930 bits per heavy atom. The number of ether oxygens (including phenoxy) is 3. The predicted molar refractivity (Wildman–Crippen MR) is 161 cm³/mol. The number of nitriles is 1. The van der Waals surface area contributed by atoms with Crippen molar-refractivity contribution in [1.29, 1.82) is 5.26 Å². The molecule has 2 amide bonds. The molecule has 43 heavy (non-hydrogen) atoms. The van der Waals surface area contributed by atoms with Gasteiger partial charge in [-0.25, -0.2) is 4.79 Å². The Morgan fingerprint density at radius 3 is 2.09 bits per heavy atom. The van der Waals surface area contributed by atoms with Crippen LogP contribution in [0.4, 0.5) is 4.79 Å². The first-order chi connectivity index (χ1) is 20.9. The van der Waals surface area contributed by atoms with Crippen molar-refractivity contribution in [3.8, 4) is 6.07 Å². The molecule has 230 valence electrons. The molecule has 0 spiro atoms. The summed E-state index contributed by atoms with van der Waals surface area (Å²) in [6.07, 6.45) is 4.15. The molecule has 0 aromatic heterocycles. The lowest BCUT2D eigenvalue weighted by atomic mass is 9.76. The average molecular weight is 592 g/mol. The van der Waals surface area contributed by atoms with Crippen LogP contribution in [0.5, 0.6) is 0 Å². The summed E-state index contributed by atoms with van der Waals surface area (Å²) in [5, 5.41) is 31.9. The molecule has 2 saturated heterocycles. The second-order valence-corrected chi connectivity index (χ2v) is 11.2. The summed E-state index contributed by atoms with van der Waals surface area (Å²) in [4.78, 5) is 28.0. The molecule has 11 heteroatoms. The Kier molecular flexibility index (Phi) is 12.9. The molecule has 0 saturated carbocycles. The third-order valence-corrected chi connectivity index (χ3v) is 8.18. The smallest absolute Gasteiger partial charge is 0.449 e. The Hall–Kier alpha value is -3.43. The van der Waals surface area contributed by atoms with Gasteiger partial charge in [0.1, 0.15) is 5.92 Å². The quantitative estimate of drug-likeness (QED) is 0.302. The van der Waals surface area contributed by atoms with Gasteiger partial charge in [-0.2, -0.15) is 5.26 Å². The molecule has 4 rings (SSSR count). The highest BCUT2D eigenvalue weighted by Gasteiger charge is 2.36. The number of amides is 2.